The summed E-state index contributed by atoms with van der Waals surface area (Å²) < 4.78 is 63.2. The van der Waals surface area contributed by atoms with Gasteiger partial charge in [0.2, 0.25) is 23.6 Å². The van der Waals surface area contributed by atoms with Crippen LogP contribution in [0.2, 0.25) is 0 Å². The number of amides is 2. The average Bonchev–Trinajstić information content (AvgIpc) is 1.64. The molecule has 5 aromatic rings. The first kappa shape index (κ1) is 69.5. The van der Waals surface area contributed by atoms with E-state index >= 15 is 0 Å². The first-order valence-electron chi connectivity index (χ1n) is 27.9. The van der Waals surface area contributed by atoms with Gasteiger partial charge in [0, 0.05) is 87.8 Å². The molecule has 1 fully saturated rings. The normalized spacial score (nSPS) is 18.6. The first-order valence-corrected chi connectivity index (χ1v) is 33.4. The van der Waals surface area contributed by atoms with Gasteiger partial charge in [0.15, 0.2) is 23.6 Å². The molecular formula is C57H69N11O19P3S+. The number of thioether (sulfide) groups is 1. The van der Waals surface area contributed by atoms with Gasteiger partial charge in [0.25, 0.3) is 0 Å². The van der Waals surface area contributed by atoms with Gasteiger partial charge >= 0.3 is 35.1 Å². The molecule has 2 amide bonds. The Balaban J connectivity index is 0.831. The summed E-state index contributed by atoms with van der Waals surface area (Å²) in [5.74, 6) is -2.32. The van der Waals surface area contributed by atoms with E-state index < -0.39 is 90.5 Å². The Hall–Kier alpha value is -7.41. The van der Waals surface area contributed by atoms with Crippen molar-refractivity contribution in [3.63, 3.8) is 0 Å². The summed E-state index contributed by atoms with van der Waals surface area (Å²) in [6.07, 6.45) is 0.340. The third kappa shape index (κ3) is 16.4. The number of rotatable bonds is 29. The number of nitrogens with zero attached hydrogens (tertiary/aromatic N) is 5. The van der Waals surface area contributed by atoms with E-state index in [0.29, 0.717) is 33.8 Å². The molecule has 14 N–H and O–H groups in total. The van der Waals surface area contributed by atoms with Gasteiger partial charge in [0.1, 0.15) is 24.4 Å². The van der Waals surface area contributed by atoms with Gasteiger partial charge in [-0.3, -0.25) is 37.7 Å². The topological polar surface area (TPSA) is 460 Å². The van der Waals surface area contributed by atoms with E-state index in [1.54, 1.807) is 24.3 Å². The predicted molar refractivity (Wildman–Crippen MR) is 338 cm³/mol. The standard InChI is InChI=1S/C57H68N11O19P3S/c1-9-31-33(11-3)41-23-42-34(12-4)32(10-2)40(67-42)22-38-30(6)36(44(65-38)24-43-35(13-15-47(70)71)29(5)37(64-43)21-39(31)66-41)14-16-48(72)91-20-19-59-46(69)17-18-60-55(75)52(74)57(7,8)26-84-90(81,82)87-89(79,80)83-25-45-51(86-88(76,77)78)50(73)56(85-45)68-28-63-49-53(58)61-27-62-54(49)68/h9-12,21-24,27-28,45,50-52,56,73-74H,1-4,13-20,25-26H2,5-8H3,(H11,58,59,60,61,62,64,65,66,67,69,70,71,75,76,77,78,79,80,81,82)/p+1. The number of nitrogens with one attached hydrogen (secondary N) is 5. The fourth-order valence-corrected chi connectivity index (χ4v) is 13.8. The minimum atomic E-state index is -5.64. The lowest BCUT2D eigenvalue weighted by Gasteiger charge is -2.30. The monoisotopic (exact) mass is 1340 g/mol. The number of carbonyl (C=O) groups excluding carboxylic acids is 3. The number of aliphatic hydroxyl groups is 2. The van der Waals surface area contributed by atoms with Crippen LogP contribution in [0.1, 0.15) is 111 Å². The molecule has 91 heavy (non-hydrogen) atoms. The van der Waals surface area contributed by atoms with Crippen LogP contribution in [-0.2, 0) is 55.5 Å². The Morgan fingerprint density at radius 3 is 1.89 bits per heavy atom. The Kier molecular flexibility index (Phi) is 21.9. The number of imidazole rings is 1. The minimum absolute atomic E-state index is 0.00260. The molecule has 0 spiro atoms. The molecule has 30 nitrogen and oxygen atoms in total. The number of fused-ring (bicyclic) bond motifs is 9. The highest BCUT2D eigenvalue weighted by molar-refractivity contribution is 8.13. The van der Waals surface area contributed by atoms with E-state index in [1.807, 2.05) is 38.1 Å². The number of carboxylic acids is 1. The number of hydrogen-bond acceptors (Lipinski definition) is 20. The molecule has 3 aliphatic heterocycles. The number of ether oxygens (including phenoxy) is 1. The molecule has 0 aromatic carbocycles. The molecule has 0 saturated carbocycles. The van der Waals surface area contributed by atoms with E-state index in [4.69, 9.17) is 34.0 Å². The second kappa shape index (κ2) is 28.6. The van der Waals surface area contributed by atoms with Crippen molar-refractivity contribution in [1.29, 1.82) is 0 Å². The van der Waals surface area contributed by atoms with Crippen LogP contribution in [0.5, 0.6) is 0 Å². The molecule has 7 unspecified atom stereocenters. The van der Waals surface area contributed by atoms with Gasteiger partial charge in [-0.1, -0.05) is 81.2 Å². The van der Waals surface area contributed by atoms with Gasteiger partial charge in [-0.05, 0) is 73.2 Å². The number of H-pyrrole nitrogens is 3. The van der Waals surface area contributed by atoms with Crippen molar-refractivity contribution in [2.24, 2.45) is 5.41 Å². The van der Waals surface area contributed by atoms with E-state index in [-0.39, 0.29) is 73.0 Å². The molecule has 0 radical (unpaired) electrons. The number of aliphatic carboxylic acids is 1. The lowest BCUT2D eigenvalue weighted by Crippen LogP contribution is -2.46. The first-order chi connectivity index (χ1) is 42.9. The molecule has 7 atom stereocenters. The number of phosphoric acid groups is 3. The molecule has 3 aliphatic rings. The molecule has 8 bridgehead atoms. The second-order valence-electron chi connectivity index (χ2n) is 21.7. The molecule has 5 aromatic heterocycles. The Labute approximate surface area is 524 Å². The summed E-state index contributed by atoms with van der Waals surface area (Å²) in [6, 6.07) is 7.56. The maximum Gasteiger partial charge on any atom is 0.481 e. The molecule has 34 heteroatoms. The van der Waals surface area contributed by atoms with Crippen LogP contribution in [0.3, 0.4) is 0 Å². The van der Waals surface area contributed by atoms with E-state index in [9.17, 15) is 67.8 Å². The van der Waals surface area contributed by atoms with Crippen molar-refractivity contribution >= 4 is 144 Å². The van der Waals surface area contributed by atoms with Crippen molar-refractivity contribution in [3.8, 4) is 0 Å². The average molecular weight is 1340 g/mol. The van der Waals surface area contributed by atoms with Crippen molar-refractivity contribution in [1.82, 2.24) is 45.5 Å². The molecule has 486 valence electrons. The number of hydrogen-bond donors (Lipinski definition) is 13. The quantitative estimate of drug-likeness (QED) is 0.0138. The predicted octanol–water partition coefficient (Wildman–Crippen LogP) is 6.49. The van der Waals surface area contributed by atoms with Gasteiger partial charge in [-0.15, -0.1) is 0 Å². The van der Waals surface area contributed by atoms with Crippen LogP contribution >= 0.6 is 35.2 Å². The van der Waals surface area contributed by atoms with Crippen molar-refractivity contribution in [2.45, 2.75) is 90.4 Å². The largest absolute Gasteiger partial charge is 0.481 e. The summed E-state index contributed by atoms with van der Waals surface area (Å²) >= 11 is 1.00. The second-order valence-corrected chi connectivity index (χ2v) is 27.1. The maximum atomic E-state index is 13.5. The van der Waals surface area contributed by atoms with E-state index in [1.165, 1.54) is 24.7 Å². The van der Waals surface area contributed by atoms with Crippen molar-refractivity contribution < 1.29 is 95.0 Å². The van der Waals surface area contributed by atoms with Gasteiger partial charge in [-0.2, -0.15) is 9.29 Å². The van der Waals surface area contributed by atoms with Crippen LogP contribution in [0.25, 0.3) is 79.8 Å². The zero-order valence-corrected chi connectivity index (χ0v) is 53.2. The zero-order valence-electron chi connectivity index (χ0n) is 49.7. The molecule has 8 heterocycles. The van der Waals surface area contributed by atoms with Crippen LogP contribution in [0, 0.1) is 5.41 Å². The number of carboxylic acid groups (broad SMARTS) is 1. The minimum Gasteiger partial charge on any atom is -0.481 e. The van der Waals surface area contributed by atoms with E-state index in [2.05, 4.69) is 66.2 Å². The van der Waals surface area contributed by atoms with Gasteiger partial charge in [0.05, 0.1) is 36.0 Å². The summed E-state index contributed by atoms with van der Waals surface area (Å²) in [6.45, 7) is 20.3. The number of phosphoric ester groups is 3. The highest BCUT2D eigenvalue weighted by Gasteiger charge is 2.52. The summed E-state index contributed by atoms with van der Waals surface area (Å²) in [7, 11) is -16.6. The Bertz CT molecular complexity index is 4160. The number of nitrogens with two attached hydrogens (primary N) is 1. The Morgan fingerprint density at radius 2 is 1.34 bits per heavy atom. The number of carbonyl (C=O) groups is 4. The van der Waals surface area contributed by atoms with Crippen LogP contribution in [0.4, 0.5) is 5.82 Å². The molecular weight excluding hydrogens is 1270 g/mol. The van der Waals surface area contributed by atoms with Crippen molar-refractivity contribution in [2.75, 3.05) is 37.8 Å². The molecule has 8 rings (SSSR count). The highest BCUT2D eigenvalue weighted by Crippen LogP contribution is 2.61. The van der Waals surface area contributed by atoms with Crippen LogP contribution < -0.4 is 20.9 Å². The maximum absolute atomic E-state index is 13.5. The summed E-state index contributed by atoms with van der Waals surface area (Å²) in [5, 5.41) is 36.5. The third-order valence-electron chi connectivity index (χ3n) is 15.0. The van der Waals surface area contributed by atoms with Crippen LogP contribution in [-0.4, -0.2) is 149 Å². The molecule has 0 aliphatic carbocycles. The highest BCUT2D eigenvalue weighted by atomic mass is 32.2. The number of aliphatic hydroxyl groups excluding tert-OH is 2. The lowest BCUT2D eigenvalue weighted by atomic mass is 9.87. The number of nitrogen functional groups attached to an aromatic ring is 1. The fourth-order valence-electron chi connectivity index (χ4n) is 10.3. The number of anilines is 1. The van der Waals surface area contributed by atoms with E-state index in [0.717, 1.165) is 73.7 Å². The van der Waals surface area contributed by atoms with Gasteiger partial charge in [-0.25, -0.2) is 28.2 Å². The SMILES string of the molecule is C=Cc1c(C=C)c2cc3[nH]c(cc4nc(cc5nc(cc1[nH]2)C(C)=C5CCC(=O)O)C(CCC(=O)SCCNC(=O)CCNC(=O)C(O)C(C)(C)COP(=O)(O)OP(=O)(O)OCC1OC([n+]2c[nH]c5c(N)ncnc52)C(O)C1OP(=O)(O)O)=C4C)c(C=C)c3C=C. The zero-order chi connectivity index (χ0) is 66.5. The fraction of sp³-hybridized carbons (Fsp3) is 0.351. The van der Waals surface area contributed by atoms with Crippen molar-refractivity contribution in [3.05, 3.63) is 108 Å². The summed E-state index contributed by atoms with van der Waals surface area (Å²) in [4.78, 5) is 119. The third-order valence-corrected chi connectivity index (χ3v) is 19.0. The number of aromatic nitrogens is 8. The number of allylic oxidation sites excluding steroid dienone is 4. The number of aromatic amines is 3. The van der Waals surface area contributed by atoms with Gasteiger partial charge < -0.3 is 66.0 Å². The molecule has 1 saturated heterocycles. The lowest BCUT2D eigenvalue weighted by molar-refractivity contribution is -0.745. The van der Waals surface area contributed by atoms with Crippen LogP contribution in [0.15, 0.2) is 63.2 Å². The summed E-state index contributed by atoms with van der Waals surface area (Å²) in [5.41, 5.74) is 15.8. The smallest absolute Gasteiger partial charge is 0.481 e. The Morgan fingerprint density at radius 1 is 0.791 bits per heavy atom.